The van der Waals surface area contributed by atoms with E-state index in [1.807, 2.05) is 0 Å². The van der Waals surface area contributed by atoms with Gasteiger partial charge in [-0.3, -0.25) is 4.79 Å². The number of esters is 1. The largest absolute Gasteiger partial charge is 0.461 e. The summed E-state index contributed by atoms with van der Waals surface area (Å²) in [5.74, 6) is 4.75. The SMILES string of the molecule is CCOC(=O)c1cc(Cl)nc(-c2cccc(C#CC3(O)CCN(C)C3=O)c2)n1. The lowest BCUT2D eigenvalue weighted by Crippen LogP contribution is -2.37. The van der Waals surface area contributed by atoms with E-state index in [2.05, 4.69) is 21.8 Å². The van der Waals surface area contributed by atoms with Gasteiger partial charge in [0, 0.05) is 37.2 Å². The Balaban J connectivity index is 1.92. The van der Waals surface area contributed by atoms with Crippen molar-refractivity contribution < 1.29 is 19.4 Å². The van der Waals surface area contributed by atoms with Crippen molar-refractivity contribution in [3.8, 4) is 23.2 Å². The van der Waals surface area contributed by atoms with Gasteiger partial charge in [-0.1, -0.05) is 35.6 Å². The molecule has 8 heteroatoms. The maximum atomic E-state index is 12.0. The molecule has 1 aromatic heterocycles. The van der Waals surface area contributed by atoms with Crippen LogP contribution in [0.3, 0.4) is 0 Å². The summed E-state index contributed by atoms with van der Waals surface area (Å²) >= 11 is 6.02. The third kappa shape index (κ3) is 4.14. The third-order valence-electron chi connectivity index (χ3n) is 4.22. The number of benzene rings is 1. The van der Waals surface area contributed by atoms with Crippen LogP contribution in [0.25, 0.3) is 11.4 Å². The number of likely N-dealkylation sites (tertiary alicyclic amines) is 1. The minimum absolute atomic E-state index is 0.0576. The highest BCUT2D eigenvalue weighted by Crippen LogP contribution is 2.22. The van der Waals surface area contributed by atoms with Crippen molar-refractivity contribution in [1.29, 1.82) is 0 Å². The molecule has 2 heterocycles. The van der Waals surface area contributed by atoms with E-state index < -0.39 is 17.5 Å². The molecule has 1 saturated heterocycles. The smallest absolute Gasteiger partial charge is 0.357 e. The number of carbonyl (C=O) groups excluding carboxylic acids is 2. The van der Waals surface area contributed by atoms with Gasteiger partial charge in [0.25, 0.3) is 5.91 Å². The molecule has 3 rings (SSSR count). The molecule has 1 aliphatic rings. The zero-order valence-corrected chi connectivity index (χ0v) is 16.2. The number of likely N-dealkylation sites (N-methyl/N-ethyl adjacent to an activating group) is 1. The van der Waals surface area contributed by atoms with Gasteiger partial charge < -0.3 is 14.7 Å². The molecule has 0 aliphatic carbocycles. The number of ether oxygens (including phenoxy) is 1. The Bertz CT molecular complexity index is 998. The summed E-state index contributed by atoms with van der Waals surface area (Å²) in [6.45, 7) is 2.37. The Labute approximate surface area is 167 Å². The summed E-state index contributed by atoms with van der Waals surface area (Å²) in [6.07, 6.45) is 0.259. The Hall–Kier alpha value is -2.95. The lowest BCUT2D eigenvalue weighted by molar-refractivity contribution is -0.137. The van der Waals surface area contributed by atoms with Crippen molar-refractivity contribution in [3.63, 3.8) is 0 Å². The molecule has 1 aromatic carbocycles. The summed E-state index contributed by atoms with van der Waals surface area (Å²) in [4.78, 5) is 33.8. The first-order valence-corrected chi connectivity index (χ1v) is 9.03. The molecule has 7 nitrogen and oxygen atoms in total. The van der Waals surface area contributed by atoms with Gasteiger partial charge in [0.1, 0.15) is 5.15 Å². The Morgan fingerprint density at radius 3 is 2.86 bits per heavy atom. The van der Waals surface area contributed by atoms with E-state index >= 15 is 0 Å². The number of halogens is 1. The van der Waals surface area contributed by atoms with E-state index in [0.29, 0.717) is 17.7 Å². The molecule has 0 bridgehead atoms. The molecular formula is C20H18ClN3O4. The summed E-state index contributed by atoms with van der Waals surface area (Å²) in [5, 5.41) is 10.5. The highest BCUT2D eigenvalue weighted by atomic mass is 35.5. The van der Waals surface area contributed by atoms with E-state index in [0.717, 1.165) is 0 Å². The van der Waals surface area contributed by atoms with Crippen molar-refractivity contribution in [2.75, 3.05) is 20.2 Å². The van der Waals surface area contributed by atoms with E-state index in [1.165, 1.54) is 11.0 Å². The average molecular weight is 400 g/mol. The molecule has 2 aromatic rings. The Kier molecular flexibility index (Phi) is 5.63. The fraction of sp³-hybridized carbons (Fsp3) is 0.300. The molecule has 1 atom stereocenters. The van der Waals surface area contributed by atoms with Gasteiger partial charge in [0.2, 0.25) is 5.60 Å². The summed E-state index contributed by atoms with van der Waals surface area (Å²) in [6, 6.07) is 8.25. The summed E-state index contributed by atoms with van der Waals surface area (Å²) in [5.41, 5.74) is -0.465. The summed E-state index contributed by atoms with van der Waals surface area (Å²) < 4.78 is 4.95. The molecule has 0 spiro atoms. The zero-order chi connectivity index (χ0) is 20.3. The van der Waals surface area contributed by atoms with Gasteiger partial charge in [-0.05, 0) is 19.1 Å². The molecule has 1 aliphatic heterocycles. The van der Waals surface area contributed by atoms with Crippen LogP contribution in [0.15, 0.2) is 30.3 Å². The zero-order valence-electron chi connectivity index (χ0n) is 15.4. The lowest BCUT2D eigenvalue weighted by atomic mass is 10.0. The van der Waals surface area contributed by atoms with Crippen LogP contribution in [0.1, 0.15) is 29.4 Å². The Morgan fingerprint density at radius 2 is 2.18 bits per heavy atom. The van der Waals surface area contributed by atoms with Gasteiger partial charge in [-0.15, -0.1) is 0 Å². The van der Waals surface area contributed by atoms with Crippen molar-refractivity contribution in [2.24, 2.45) is 0 Å². The van der Waals surface area contributed by atoms with E-state index in [-0.39, 0.29) is 29.7 Å². The average Bonchev–Trinajstić information content (AvgIpc) is 2.94. The van der Waals surface area contributed by atoms with Crippen LogP contribution in [-0.4, -0.2) is 57.7 Å². The number of amides is 1. The number of rotatable bonds is 3. The quantitative estimate of drug-likeness (QED) is 0.481. The van der Waals surface area contributed by atoms with E-state index in [1.54, 1.807) is 38.2 Å². The van der Waals surface area contributed by atoms with E-state index in [4.69, 9.17) is 16.3 Å². The van der Waals surface area contributed by atoms with Gasteiger partial charge in [0.05, 0.1) is 6.61 Å². The predicted molar refractivity (Wildman–Crippen MR) is 103 cm³/mol. The number of nitrogens with zero attached hydrogens (tertiary/aromatic N) is 3. The van der Waals surface area contributed by atoms with Gasteiger partial charge in [-0.2, -0.15) is 0 Å². The van der Waals surface area contributed by atoms with Crippen molar-refractivity contribution in [3.05, 3.63) is 46.7 Å². The first-order valence-electron chi connectivity index (χ1n) is 8.65. The molecule has 0 radical (unpaired) electrons. The van der Waals surface area contributed by atoms with Gasteiger partial charge in [0.15, 0.2) is 11.5 Å². The number of carbonyl (C=O) groups is 2. The molecule has 0 saturated carbocycles. The predicted octanol–water partition coefficient (Wildman–Crippen LogP) is 1.92. The first kappa shape index (κ1) is 19.8. The highest BCUT2D eigenvalue weighted by molar-refractivity contribution is 6.29. The van der Waals surface area contributed by atoms with Gasteiger partial charge in [-0.25, -0.2) is 14.8 Å². The molecule has 144 valence electrons. The molecule has 1 unspecified atom stereocenters. The maximum Gasteiger partial charge on any atom is 0.357 e. The number of hydrogen-bond acceptors (Lipinski definition) is 6. The Morgan fingerprint density at radius 1 is 1.39 bits per heavy atom. The maximum absolute atomic E-state index is 12.0. The van der Waals surface area contributed by atoms with Crippen LogP contribution >= 0.6 is 11.6 Å². The third-order valence-corrected chi connectivity index (χ3v) is 4.42. The fourth-order valence-corrected chi connectivity index (χ4v) is 2.92. The lowest BCUT2D eigenvalue weighted by Gasteiger charge is -2.13. The van der Waals surface area contributed by atoms with Crippen molar-refractivity contribution >= 4 is 23.5 Å². The van der Waals surface area contributed by atoms with Gasteiger partial charge >= 0.3 is 5.97 Å². The molecule has 1 amide bonds. The van der Waals surface area contributed by atoms with Crippen LogP contribution in [0.4, 0.5) is 0 Å². The summed E-state index contributed by atoms with van der Waals surface area (Å²) in [7, 11) is 1.63. The number of aliphatic hydroxyl groups is 1. The van der Waals surface area contributed by atoms with Crippen LogP contribution in [-0.2, 0) is 9.53 Å². The molecule has 1 fully saturated rings. The number of aromatic nitrogens is 2. The van der Waals surface area contributed by atoms with Crippen molar-refractivity contribution in [2.45, 2.75) is 18.9 Å². The molecular weight excluding hydrogens is 382 g/mol. The second-order valence-electron chi connectivity index (χ2n) is 6.29. The van der Waals surface area contributed by atoms with Crippen molar-refractivity contribution in [1.82, 2.24) is 14.9 Å². The fourth-order valence-electron chi connectivity index (χ4n) is 2.74. The minimum Gasteiger partial charge on any atom is -0.461 e. The molecule has 1 N–H and O–H groups in total. The number of hydrogen-bond donors (Lipinski definition) is 1. The standard InChI is InChI=1S/C20H18ClN3O4/c1-3-28-18(25)15-12-16(21)23-17(22-15)14-6-4-5-13(11-14)7-8-20(27)9-10-24(2)19(20)26/h4-6,11-12,27H,3,9-10H2,1-2H3. The van der Waals surface area contributed by atoms with E-state index in [9.17, 15) is 14.7 Å². The normalized spacial score (nSPS) is 18.6. The van der Waals surface area contributed by atoms with Crippen LogP contribution in [0.5, 0.6) is 0 Å². The second-order valence-corrected chi connectivity index (χ2v) is 6.68. The molecule has 28 heavy (non-hydrogen) atoms. The first-order chi connectivity index (χ1) is 13.3. The van der Waals surface area contributed by atoms with Crippen LogP contribution in [0, 0.1) is 11.8 Å². The topological polar surface area (TPSA) is 92.6 Å². The highest BCUT2D eigenvalue weighted by Gasteiger charge is 2.42. The second kappa shape index (κ2) is 7.97. The monoisotopic (exact) mass is 399 g/mol. The minimum atomic E-state index is -1.67. The van der Waals surface area contributed by atoms with Crippen LogP contribution < -0.4 is 0 Å². The van der Waals surface area contributed by atoms with Crippen LogP contribution in [0.2, 0.25) is 5.15 Å².